The van der Waals surface area contributed by atoms with E-state index in [2.05, 4.69) is 10.6 Å². The number of nitrogens with zero attached hydrogens (tertiary/aromatic N) is 1. The van der Waals surface area contributed by atoms with Gasteiger partial charge in [-0.1, -0.05) is 32.0 Å². The number of hydrogen-bond acceptors (Lipinski definition) is 6. The summed E-state index contributed by atoms with van der Waals surface area (Å²) in [5.74, 6) is -1.27. The van der Waals surface area contributed by atoms with E-state index in [9.17, 15) is 14.4 Å². The van der Waals surface area contributed by atoms with Gasteiger partial charge in [0.15, 0.2) is 13.2 Å². The van der Waals surface area contributed by atoms with Gasteiger partial charge in [-0.3, -0.25) is 9.59 Å². The minimum Gasteiger partial charge on any atom is -0.484 e. The van der Waals surface area contributed by atoms with Crippen LogP contribution in [0.3, 0.4) is 0 Å². The lowest BCUT2D eigenvalue weighted by atomic mass is 10.0. The van der Waals surface area contributed by atoms with Gasteiger partial charge in [0, 0.05) is 25.5 Å². The van der Waals surface area contributed by atoms with Crippen molar-refractivity contribution in [2.45, 2.75) is 19.9 Å². The number of ether oxygens (including phenoxy) is 2. The highest BCUT2D eigenvalue weighted by atomic mass is 16.5. The summed E-state index contributed by atoms with van der Waals surface area (Å²) in [7, 11) is 3.84. The smallest absolute Gasteiger partial charge is 0.329 e. The Morgan fingerprint density at radius 2 is 1.55 bits per heavy atom. The Balaban J connectivity index is 1.81. The molecule has 8 heteroatoms. The van der Waals surface area contributed by atoms with Crippen LogP contribution in [0.2, 0.25) is 0 Å². The van der Waals surface area contributed by atoms with E-state index < -0.39 is 30.4 Å². The van der Waals surface area contributed by atoms with Crippen LogP contribution < -0.4 is 20.3 Å². The van der Waals surface area contributed by atoms with Crippen molar-refractivity contribution in [1.82, 2.24) is 5.32 Å². The van der Waals surface area contributed by atoms with Gasteiger partial charge >= 0.3 is 5.97 Å². The lowest BCUT2D eigenvalue weighted by Crippen LogP contribution is -2.47. The van der Waals surface area contributed by atoms with Gasteiger partial charge in [0.05, 0.1) is 0 Å². The quantitative estimate of drug-likeness (QED) is 0.566. The molecule has 0 aliphatic heterocycles. The average Bonchev–Trinajstić information content (AvgIpc) is 2.75. The van der Waals surface area contributed by atoms with Crippen molar-refractivity contribution >= 4 is 29.2 Å². The first-order valence-corrected chi connectivity index (χ1v) is 9.97. The van der Waals surface area contributed by atoms with Gasteiger partial charge in [0.25, 0.3) is 11.8 Å². The zero-order valence-corrected chi connectivity index (χ0v) is 18.3. The van der Waals surface area contributed by atoms with Crippen LogP contribution in [0.4, 0.5) is 11.4 Å². The van der Waals surface area contributed by atoms with Gasteiger partial charge in [-0.05, 0) is 42.3 Å². The van der Waals surface area contributed by atoms with Crippen molar-refractivity contribution in [3.63, 3.8) is 0 Å². The second kappa shape index (κ2) is 11.6. The number of esters is 1. The third-order valence-electron chi connectivity index (χ3n) is 4.36. The monoisotopic (exact) mass is 427 g/mol. The number of rotatable bonds is 10. The highest BCUT2D eigenvalue weighted by molar-refractivity contribution is 5.93. The third kappa shape index (κ3) is 8.00. The van der Waals surface area contributed by atoms with Gasteiger partial charge in [0.1, 0.15) is 11.8 Å². The molecule has 2 N–H and O–H groups in total. The maximum atomic E-state index is 12.4. The van der Waals surface area contributed by atoms with Crippen LogP contribution in [0.25, 0.3) is 0 Å². The SMILES string of the molecule is CC(C)[C@H](NC(=O)COc1ccccc1)C(=O)OCC(=O)Nc1ccc(N(C)C)cc1. The van der Waals surface area contributed by atoms with Crippen LogP contribution >= 0.6 is 0 Å². The first kappa shape index (κ1) is 23.7. The Kier molecular flexibility index (Phi) is 8.87. The summed E-state index contributed by atoms with van der Waals surface area (Å²) >= 11 is 0. The summed E-state index contributed by atoms with van der Waals surface area (Å²) in [6, 6.07) is 15.3. The maximum Gasteiger partial charge on any atom is 0.329 e. The molecule has 2 aromatic rings. The summed E-state index contributed by atoms with van der Waals surface area (Å²) < 4.78 is 10.5. The number of carbonyl (C=O) groups is 3. The van der Waals surface area contributed by atoms with Crippen molar-refractivity contribution < 1.29 is 23.9 Å². The van der Waals surface area contributed by atoms with Crippen molar-refractivity contribution in [3.8, 4) is 5.75 Å². The molecule has 1 atom stereocenters. The molecule has 0 saturated carbocycles. The summed E-state index contributed by atoms with van der Waals surface area (Å²) in [4.78, 5) is 38.6. The van der Waals surface area contributed by atoms with E-state index in [0.29, 0.717) is 11.4 Å². The largest absolute Gasteiger partial charge is 0.484 e. The van der Waals surface area contributed by atoms with Gasteiger partial charge < -0.3 is 25.0 Å². The second-order valence-electron chi connectivity index (χ2n) is 7.49. The van der Waals surface area contributed by atoms with E-state index in [1.807, 2.05) is 37.2 Å². The molecule has 0 aliphatic rings. The Bertz CT molecular complexity index is 867. The summed E-state index contributed by atoms with van der Waals surface area (Å²) in [5.41, 5.74) is 1.59. The molecular weight excluding hydrogens is 398 g/mol. The zero-order valence-electron chi connectivity index (χ0n) is 18.3. The molecule has 166 valence electrons. The van der Waals surface area contributed by atoms with E-state index >= 15 is 0 Å². The van der Waals surface area contributed by atoms with Crippen molar-refractivity contribution in [2.75, 3.05) is 37.5 Å². The predicted molar refractivity (Wildman–Crippen MR) is 119 cm³/mol. The Hall–Kier alpha value is -3.55. The molecule has 0 radical (unpaired) electrons. The van der Waals surface area contributed by atoms with E-state index in [0.717, 1.165) is 5.69 Å². The predicted octanol–water partition coefficient (Wildman–Crippen LogP) is 2.45. The number of benzene rings is 2. The Labute approximate surface area is 182 Å². The molecule has 0 heterocycles. The van der Waals surface area contributed by atoms with Crippen molar-refractivity contribution in [3.05, 3.63) is 54.6 Å². The number of anilines is 2. The Morgan fingerprint density at radius 1 is 0.903 bits per heavy atom. The van der Waals surface area contributed by atoms with E-state index in [1.165, 1.54) is 0 Å². The average molecular weight is 428 g/mol. The summed E-state index contributed by atoms with van der Waals surface area (Å²) in [6.45, 7) is 2.87. The molecule has 2 rings (SSSR count). The van der Waals surface area contributed by atoms with Crippen LogP contribution in [0.1, 0.15) is 13.8 Å². The molecule has 0 fully saturated rings. The van der Waals surface area contributed by atoms with Crippen molar-refractivity contribution in [2.24, 2.45) is 5.92 Å². The number of nitrogens with one attached hydrogen (secondary N) is 2. The number of hydrogen-bond donors (Lipinski definition) is 2. The highest BCUT2D eigenvalue weighted by Crippen LogP contribution is 2.15. The Morgan fingerprint density at radius 3 is 2.13 bits per heavy atom. The molecule has 0 aliphatic carbocycles. The minimum atomic E-state index is -0.890. The summed E-state index contributed by atoms with van der Waals surface area (Å²) in [5, 5.41) is 5.27. The molecule has 2 amide bonds. The normalized spacial score (nSPS) is 11.4. The zero-order chi connectivity index (χ0) is 22.8. The maximum absolute atomic E-state index is 12.4. The van der Waals surface area contributed by atoms with Crippen LogP contribution in [-0.4, -0.2) is 51.1 Å². The number of para-hydroxylation sites is 1. The van der Waals surface area contributed by atoms with Crippen LogP contribution in [0.15, 0.2) is 54.6 Å². The third-order valence-corrected chi connectivity index (χ3v) is 4.36. The van der Waals surface area contributed by atoms with Gasteiger partial charge in [-0.2, -0.15) is 0 Å². The standard InChI is InChI=1S/C23H29N3O5/c1-16(2)22(25-21(28)14-30-19-8-6-5-7-9-19)23(29)31-15-20(27)24-17-10-12-18(13-11-17)26(3)4/h5-13,16,22H,14-15H2,1-4H3,(H,24,27)(H,25,28)/t22-/m0/s1. The molecule has 8 nitrogen and oxygen atoms in total. The van der Waals surface area contributed by atoms with E-state index in [1.54, 1.807) is 50.2 Å². The molecule has 0 bridgehead atoms. The van der Waals surface area contributed by atoms with Crippen LogP contribution in [0.5, 0.6) is 5.75 Å². The molecular formula is C23H29N3O5. The second-order valence-corrected chi connectivity index (χ2v) is 7.49. The molecule has 0 saturated heterocycles. The van der Waals surface area contributed by atoms with Gasteiger partial charge in [0.2, 0.25) is 0 Å². The first-order chi connectivity index (χ1) is 14.8. The molecule has 0 spiro atoms. The van der Waals surface area contributed by atoms with Crippen molar-refractivity contribution in [1.29, 1.82) is 0 Å². The van der Waals surface area contributed by atoms with E-state index in [-0.39, 0.29) is 12.5 Å². The molecule has 2 aromatic carbocycles. The van der Waals surface area contributed by atoms with Crippen LogP contribution in [0, 0.1) is 5.92 Å². The van der Waals surface area contributed by atoms with E-state index in [4.69, 9.17) is 9.47 Å². The summed E-state index contributed by atoms with van der Waals surface area (Å²) in [6.07, 6.45) is 0. The number of carbonyl (C=O) groups excluding carboxylic acids is 3. The topological polar surface area (TPSA) is 97.0 Å². The van der Waals surface area contributed by atoms with Gasteiger partial charge in [-0.15, -0.1) is 0 Å². The molecule has 0 unspecified atom stereocenters. The fraction of sp³-hybridized carbons (Fsp3) is 0.348. The highest BCUT2D eigenvalue weighted by Gasteiger charge is 2.26. The van der Waals surface area contributed by atoms with Crippen LogP contribution in [-0.2, 0) is 19.1 Å². The molecule has 31 heavy (non-hydrogen) atoms. The fourth-order valence-corrected chi connectivity index (χ4v) is 2.64. The number of amides is 2. The minimum absolute atomic E-state index is 0.227. The first-order valence-electron chi connectivity index (χ1n) is 9.97. The lowest BCUT2D eigenvalue weighted by molar-refractivity contribution is -0.152. The van der Waals surface area contributed by atoms with Gasteiger partial charge in [-0.25, -0.2) is 4.79 Å². The fourth-order valence-electron chi connectivity index (χ4n) is 2.64. The molecule has 0 aromatic heterocycles. The lowest BCUT2D eigenvalue weighted by Gasteiger charge is -2.21.